The van der Waals surface area contributed by atoms with Crippen molar-refractivity contribution in [2.24, 2.45) is 0 Å². The Balaban J connectivity index is 3.04. The maximum atomic E-state index is 12.5. The number of carbonyl (C=O) groups excluding carboxylic acids is 1. The van der Waals surface area contributed by atoms with Crippen molar-refractivity contribution < 1.29 is 9.53 Å². The topological polar surface area (TPSA) is 53.3 Å². The molecule has 4 nitrogen and oxygen atoms in total. The van der Waals surface area contributed by atoms with Gasteiger partial charge in [-0.15, -0.1) is 0 Å². The van der Waals surface area contributed by atoms with Crippen molar-refractivity contribution in [3.8, 4) is 6.07 Å². The second-order valence-electron chi connectivity index (χ2n) is 5.25. The second kappa shape index (κ2) is 5.85. The number of nitriles is 1. The van der Waals surface area contributed by atoms with Crippen LogP contribution in [-0.4, -0.2) is 37.1 Å². The van der Waals surface area contributed by atoms with Crippen LogP contribution in [0.15, 0.2) is 18.2 Å². The molecule has 0 unspecified atom stereocenters. The molecule has 0 bridgehead atoms. The highest BCUT2D eigenvalue weighted by Crippen LogP contribution is 2.19. The molecule has 0 saturated heterocycles. The molecule has 0 fully saturated rings. The molecule has 0 aromatic heterocycles. The van der Waals surface area contributed by atoms with Gasteiger partial charge in [-0.05, 0) is 44.5 Å². The predicted octanol–water partition coefficient (Wildman–Crippen LogP) is 2.36. The van der Waals surface area contributed by atoms with Crippen LogP contribution in [0.2, 0.25) is 0 Å². The molecule has 4 heteroatoms. The summed E-state index contributed by atoms with van der Waals surface area (Å²) in [5.74, 6) is -0.0657. The largest absolute Gasteiger partial charge is 0.382 e. The van der Waals surface area contributed by atoms with Crippen molar-refractivity contribution in [2.45, 2.75) is 26.3 Å². The number of aryl methyl sites for hydroxylation is 1. The molecule has 1 aromatic rings. The highest BCUT2D eigenvalue weighted by atomic mass is 16.5. The zero-order chi connectivity index (χ0) is 14.6. The van der Waals surface area contributed by atoms with Gasteiger partial charge >= 0.3 is 0 Å². The quantitative estimate of drug-likeness (QED) is 0.835. The Kier molecular flexibility index (Phi) is 4.68. The van der Waals surface area contributed by atoms with Crippen molar-refractivity contribution in [3.63, 3.8) is 0 Å². The number of hydrogen-bond donors (Lipinski definition) is 0. The monoisotopic (exact) mass is 260 g/mol. The molecule has 0 aliphatic rings. The number of methoxy groups -OCH3 is 1. The molecule has 102 valence electrons. The van der Waals surface area contributed by atoms with Crippen molar-refractivity contribution in [3.05, 3.63) is 34.9 Å². The Morgan fingerprint density at radius 2 is 2.11 bits per heavy atom. The van der Waals surface area contributed by atoms with E-state index in [4.69, 9.17) is 10.00 Å². The highest BCUT2D eigenvalue weighted by molar-refractivity contribution is 5.96. The number of benzene rings is 1. The first-order chi connectivity index (χ1) is 8.83. The Labute approximate surface area is 114 Å². The molecule has 19 heavy (non-hydrogen) atoms. The first-order valence-electron chi connectivity index (χ1n) is 6.11. The van der Waals surface area contributed by atoms with E-state index in [0.29, 0.717) is 17.7 Å². The van der Waals surface area contributed by atoms with Crippen LogP contribution in [0.5, 0.6) is 0 Å². The number of likely N-dealkylation sites (N-methyl/N-ethyl adjacent to an activating group) is 1. The molecular formula is C15H20N2O2. The zero-order valence-corrected chi connectivity index (χ0v) is 12.2. The van der Waals surface area contributed by atoms with Crippen molar-refractivity contribution in [1.82, 2.24) is 4.90 Å². The molecule has 0 saturated carbocycles. The van der Waals surface area contributed by atoms with Gasteiger partial charge in [-0.1, -0.05) is 0 Å². The average molecular weight is 260 g/mol. The normalized spacial score (nSPS) is 10.9. The van der Waals surface area contributed by atoms with Gasteiger partial charge in [0.25, 0.3) is 5.91 Å². The van der Waals surface area contributed by atoms with Gasteiger partial charge in [0.1, 0.15) is 0 Å². The number of rotatable bonds is 4. The third-order valence-electron chi connectivity index (χ3n) is 3.30. The summed E-state index contributed by atoms with van der Waals surface area (Å²) < 4.78 is 5.14. The SMILES string of the molecule is COCC(C)(C)N(C)C(=O)c1ccc(C#N)cc1C. The van der Waals surface area contributed by atoms with E-state index in [9.17, 15) is 4.79 Å². The molecule has 0 aliphatic heterocycles. The van der Waals surface area contributed by atoms with E-state index < -0.39 is 0 Å². The van der Waals surface area contributed by atoms with Gasteiger partial charge < -0.3 is 9.64 Å². The predicted molar refractivity (Wildman–Crippen MR) is 73.9 cm³/mol. The summed E-state index contributed by atoms with van der Waals surface area (Å²) in [5, 5.41) is 8.84. The number of nitrogens with zero attached hydrogens (tertiary/aromatic N) is 2. The Morgan fingerprint density at radius 3 is 2.58 bits per heavy atom. The molecule has 1 amide bonds. The number of hydrogen-bond acceptors (Lipinski definition) is 3. The fraction of sp³-hybridized carbons (Fsp3) is 0.467. The van der Waals surface area contributed by atoms with Crippen LogP contribution in [0.25, 0.3) is 0 Å². The highest BCUT2D eigenvalue weighted by Gasteiger charge is 2.28. The first kappa shape index (κ1) is 15.2. The fourth-order valence-corrected chi connectivity index (χ4v) is 1.88. The summed E-state index contributed by atoms with van der Waals surface area (Å²) in [7, 11) is 3.38. The number of ether oxygens (including phenoxy) is 1. The van der Waals surface area contributed by atoms with Gasteiger partial charge in [0, 0.05) is 19.7 Å². The molecule has 0 N–H and O–H groups in total. The lowest BCUT2D eigenvalue weighted by Gasteiger charge is -2.35. The Morgan fingerprint density at radius 1 is 1.47 bits per heavy atom. The number of carbonyl (C=O) groups is 1. The van der Waals surface area contributed by atoms with E-state index in [1.54, 1.807) is 37.3 Å². The van der Waals surface area contributed by atoms with E-state index in [0.717, 1.165) is 5.56 Å². The molecule has 0 aliphatic carbocycles. The maximum absolute atomic E-state index is 12.5. The molecule has 1 rings (SSSR count). The lowest BCUT2D eigenvalue weighted by atomic mass is 10.0. The minimum atomic E-state index is -0.383. The van der Waals surface area contributed by atoms with Crippen molar-refractivity contribution in [2.75, 3.05) is 20.8 Å². The Bertz CT molecular complexity index is 515. The summed E-state index contributed by atoms with van der Waals surface area (Å²) in [6, 6.07) is 7.16. The third-order valence-corrected chi connectivity index (χ3v) is 3.30. The molecule has 0 heterocycles. The van der Waals surface area contributed by atoms with Gasteiger partial charge in [0.05, 0.1) is 23.8 Å². The molecule has 1 aromatic carbocycles. The average Bonchev–Trinajstić information content (AvgIpc) is 2.36. The third kappa shape index (κ3) is 3.33. The molecule has 0 radical (unpaired) electrons. The second-order valence-corrected chi connectivity index (χ2v) is 5.25. The number of amides is 1. The van der Waals surface area contributed by atoms with Gasteiger partial charge in [0.15, 0.2) is 0 Å². The summed E-state index contributed by atoms with van der Waals surface area (Å²) in [4.78, 5) is 14.1. The van der Waals surface area contributed by atoms with E-state index in [1.165, 1.54) is 0 Å². The van der Waals surface area contributed by atoms with Gasteiger partial charge in [-0.25, -0.2) is 0 Å². The van der Waals surface area contributed by atoms with Crippen LogP contribution >= 0.6 is 0 Å². The van der Waals surface area contributed by atoms with Crippen LogP contribution in [0, 0.1) is 18.3 Å². The fourth-order valence-electron chi connectivity index (χ4n) is 1.88. The molecular weight excluding hydrogens is 240 g/mol. The van der Waals surface area contributed by atoms with E-state index in [2.05, 4.69) is 6.07 Å². The maximum Gasteiger partial charge on any atom is 0.254 e. The minimum Gasteiger partial charge on any atom is -0.382 e. The van der Waals surface area contributed by atoms with E-state index in [-0.39, 0.29) is 11.4 Å². The van der Waals surface area contributed by atoms with Crippen LogP contribution in [0.4, 0.5) is 0 Å². The van der Waals surface area contributed by atoms with Crippen LogP contribution in [0.3, 0.4) is 0 Å². The summed E-state index contributed by atoms with van der Waals surface area (Å²) in [6.07, 6.45) is 0. The van der Waals surface area contributed by atoms with Gasteiger partial charge in [-0.3, -0.25) is 4.79 Å². The zero-order valence-electron chi connectivity index (χ0n) is 12.2. The van der Waals surface area contributed by atoms with Gasteiger partial charge in [-0.2, -0.15) is 5.26 Å². The van der Waals surface area contributed by atoms with E-state index >= 15 is 0 Å². The van der Waals surface area contributed by atoms with Crippen molar-refractivity contribution in [1.29, 1.82) is 5.26 Å². The summed E-state index contributed by atoms with van der Waals surface area (Å²) >= 11 is 0. The minimum absolute atomic E-state index is 0.0657. The standard InChI is InChI=1S/C15H20N2O2/c1-11-8-12(9-16)6-7-13(11)14(18)17(4)15(2,3)10-19-5/h6-8H,10H2,1-5H3. The van der Waals surface area contributed by atoms with Crippen molar-refractivity contribution >= 4 is 5.91 Å². The summed E-state index contributed by atoms with van der Waals surface area (Å²) in [5.41, 5.74) is 1.61. The first-order valence-corrected chi connectivity index (χ1v) is 6.11. The van der Waals surface area contributed by atoms with E-state index in [1.807, 2.05) is 20.8 Å². The smallest absolute Gasteiger partial charge is 0.254 e. The molecule has 0 spiro atoms. The molecule has 0 atom stereocenters. The lowest BCUT2D eigenvalue weighted by Crippen LogP contribution is -2.48. The summed E-state index contributed by atoms with van der Waals surface area (Å²) in [6.45, 7) is 6.20. The Hall–Kier alpha value is -1.86. The van der Waals surface area contributed by atoms with Gasteiger partial charge in [0.2, 0.25) is 0 Å². The lowest BCUT2D eigenvalue weighted by molar-refractivity contribution is 0.0366. The van der Waals surface area contributed by atoms with Crippen LogP contribution in [0.1, 0.15) is 35.3 Å². The van der Waals surface area contributed by atoms with Crippen LogP contribution < -0.4 is 0 Å². The van der Waals surface area contributed by atoms with Crippen LogP contribution in [-0.2, 0) is 4.74 Å².